The Bertz CT molecular complexity index is 796. The second kappa shape index (κ2) is 5.93. The number of terminal acetylenes is 1. The Morgan fingerprint density at radius 2 is 2.35 bits per heavy atom. The van der Waals surface area contributed by atoms with Crippen LogP contribution in [0.4, 0.5) is 4.39 Å². The summed E-state index contributed by atoms with van der Waals surface area (Å²) in [6.45, 7) is 3.75. The lowest BCUT2D eigenvalue weighted by atomic mass is 10.2. The summed E-state index contributed by atoms with van der Waals surface area (Å²) >= 11 is 0. The molecule has 120 valence electrons. The van der Waals surface area contributed by atoms with Crippen LogP contribution in [0.3, 0.4) is 0 Å². The second-order valence-corrected chi connectivity index (χ2v) is 5.53. The van der Waals surface area contributed by atoms with Gasteiger partial charge in [-0.15, -0.1) is 6.42 Å². The van der Waals surface area contributed by atoms with Crippen LogP contribution < -0.4 is 0 Å². The first-order valence-electron chi connectivity index (χ1n) is 7.18. The van der Waals surface area contributed by atoms with Crippen molar-refractivity contribution in [3.8, 4) is 12.3 Å². The SMILES string of the molecule is C#Cc1nc2cnc(F)nc2n1C1CC(OC(=O)C(C)C)CO1. The number of aromatic nitrogens is 4. The molecule has 0 saturated carbocycles. The average Bonchev–Trinajstić information content (AvgIpc) is 3.10. The van der Waals surface area contributed by atoms with Crippen molar-refractivity contribution in [2.45, 2.75) is 32.6 Å². The highest BCUT2D eigenvalue weighted by molar-refractivity contribution is 5.72. The Kier molecular flexibility index (Phi) is 3.96. The molecule has 0 aliphatic carbocycles. The molecule has 7 nitrogen and oxygen atoms in total. The van der Waals surface area contributed by atoms with Crippen molar-refractivity contribution in [1.82, 2.24) is 19.5 Å². The minimum atomic E-state index is -0.872. The molecule has 0 bridgehead atoms. The molecule has 3 rings (SSSR count). The van der Waals surface area contributed by atoms with E-state index in [1.165, 1.54) is 10.8 Å². The molecule has 0 radical (unpaired) electrons. The first-order valence-corrected chi connectivity index (χ1v) is 7.18. The van der Waals surface area contributed by atoms with Gasteiger partial charge in [-0.2, -0.15) is 9.37 Å². The average molecular weight is 318 g/mol. The third-order valence-corrected chi connectivity index (χ3v) is 3.51. The molecular formula is C15H15FN4O3. The number of imidazole rings is 1. The molecule has 0 aromatic carbocycles. The summed E-state index contributed by atoms with van der Waals surface area (Å²) in [7, 11) is 0. The maximum absolute atomic E-state index is 13.3. The van der Waals surface area contributed by atoms with E-state index >= 15 is 0 Å². The van der Waals surface area contributed by atoms with Crippen LogP contribution in [-0.4, -0.2) is 38.2 Å². The third kappa shape index (κ3) is 2.87. The zero-order chi connectivity index (χ0) is 16.6. The van der Waals surface area contributed by atoms with Crippen molar-refractivity contribution in [3.05, 3.63) is 18.1 Å². The van der Waals surface area contributed by atoms with Crippen molar-refractivity contribution in [1.29, 1.82) is 0 Å². The van der Waals surface area contributed by atoms with Gasteiger partial charge in [0.25, 0.3) is 0 Å². The van der Waals surface area contributed by atoms with Gasteiger partial charge < -0.3 is 9.47 Å². The molecule has 2 atom stereocenters. The van der Waals surface area contributed by atoms with Crippen LogP contribution in [-0.2, 0) is 14.3 Å². The third-order valence-electron chi connectivity index (χ3n) is 3.51. The van der Waals surface area contributed by atoms with E-state index in [-0.39, 0.29) is 36.1 Å². The molecule has 0 N–H and O–H groups in total. The van der Waals surface area contributed by atoms with E-state index in [0.29, 0.717) is 11.9 Å². The maximum atomic E-state index is 13.3. The molecular weight excluding hydrogens is 303 g/mol. The minimum Gasteiger partial charge on any atom is -0.460 e. The van der Waals surface area contributed by atoms with Gasteiger partial charge in [-0.3, -0.25) is 9.36 Å². The number of nitrogens with zero attached hydrogens (tertiary/aromatic N) is 4. The van der Waals surface area contributed by atoms with Crippen molar-refractivity contribution in [2.24, 2.45) is 5.92 Å². The van der Waals surface area contributed by atoms with Crippen molar-refractivity contribution < 1.29 is 18.7 Å². The molecule has 23 heavy (non-hydrogen) atoms. The van der Waals surface area contributed by atoms with Crippen LogP contribution >= 0.6 is 0 Å². The largest absolute Gasteiger partial charge is 0.460 e. The van der Waals surface area contributed by atoms with Gasteiger partial charge in [-0.25, -0.2) is 9.97 Å². The summed E-state index contributed by atoms with van der Waals surface area (Å²) in [6.07, 6.45) is 5.34. The monoisotopic (exact) mass is 318 g/mol. The van der Waals surface area contributed by atoms with Crippen LogP contribution in [0.2, 0.25) is 0 Å². The minimum absolute atomic E-state index is 0.216. The Hall–Kier alpha value is -2.53. The molecule has 1 aliphatic heterocycles. The fourth-order valence-electron chi connectivity index (χ4n) is 2.39. The number of fused-ring (bicyclic) bond motifs is 1. The van der Waals surface area contributed by atoms with E-state index in [2.05, 4.69) is 20.9 Å². The number of esters is 1. The molecule has 2 aromatic rings. The molecule has 1 aliphatic rings. The highest BCUT2D eigenvalue weighted by atomic mass is 19.1. The highest BCUT2D eigenvalue weighted by Crippen LogP contribution is 2.30. The molecule has 8 heteroatoms. The summed E-state index contributed by atoms with van der Waals surface area (Å²) in [6, 6.07) is 0. The summed E-state index contributed by atoms with van der Waals surface area (Å²) in [5.41, 5.74) is 0.636. The Morgan fingerprint density at radius 3 is 3.04 bits per heavy atom. The molecule has 0 spiro atoms. The Labute approximate surface area is 131 Å². The van der Waals surface area contributed by atoms with Crippen molar-refractivity contribution in [3.63, 3.8) is 0 Å². The number of hydrogen-bond donors (Lipinski definition) is 0. The van der Waals surface area contributed by atoms with Gasteiger partial charge in [0.2, 0.25) is 0 Å². The standard InChI is InChI=1S/C15H15FN4O3/c1-4-11-18-10-6-17-15(16)19-13(10)20(11)12-5-9(7-22-12)23-14(21)8(2)3/h1,6,8-9,12H,5,7H2,2-3H3. The van der Waals surface area contributed by atoms with Gasteiger partial charge >= 0.3 is 12.0 Å². The quantitative estimate of drug-likeness (QED) is 0.484. The van der Waals surface area contributed by atoms with Crippen LogP contribution in [0.15, 0.2) is 6.20 Å². The lowest BCUT2D eigenvalue weighted by Crippen LogP contribution is -2.21. The normalized spacial score (nSPS) is 20.8. The van der Waals surface area contributed by atoms with E-state index in [1.54, 1.807) is 13.8 Å². The molecule has 2 aromatic heterocycles. The molecule has 3 heterocycles. The molecule has 1 fully saturated rings. The van der Waals surface area contributed by atoms with Crippen molar-refractivity contribution >= 4 is 17.1 Å². The van der Waals surface area contributed by atoms with E-state index in [4.69, 9.17) is 15.9 Å². The first-order chi connectivity index (χ1) is 11.0. The molecule has 0 amide bonds. The Balaban J connectivity index is 1.88. The van der Waals surface area contributed by atoms with E-state index in [9.17, 15) is 9.18 Å². The van der Waals surface area contributed by atoms with Gasteiger partial charge in [-0.05, 0) is 5.92 Å². The predicted molar refractivity (Wildman–Crippen MR) is 77.5 cm³/mol. The molecule has 2 unspecified atom stereocenters. The van der Waals surface area contributed by atoms with Crippen LogP contribution in [0, 0.1) is 24.3 Å². The van der Waals surface area contributed by atoms with Crippen LogP contribution in [0.5, 0.6) is 0 Å². The lowest BCUT2D eigenvalue weighted by Gasteiger charge is -2.14. The zero-order valence-electron chi connectivity index (χ0n) is 12.7. The predicted octanol–water partition coefficient (Wildman–Crippen LogP) is 1.43. The van der Waals surface area contributed by atoms with Crippen LogP contribution in [0.1, 0.15) is 32.3 Å². The number of hydrogen-bond acceptors (Lipinski definition) is 6. The smallest absolute Gasteiger partial charge is 0.310 e. The van der Waals surface area contributed by atoms with Crippen molar-refractivity contribution in [2.75, 3.05) is 6.61 Å². The number of ether oxygens (including phenoxy) is 2. The van der Waals surface area contributed by atoms with E-state index in [1.807, 2.05) is 0 Å². The maximum Gasteiger partial charge on any atom is 0.310 e. The molecule has 1 saturated heterocycles. The summed E-state index contributed by atoms with van der Waals surface area (Å²) in [5, 5.41) is 0. The second-order valence-electron chi connectivity index (χ2n) is 5.53. The fraction of sp³-hybridized carbons (Fsp3) is 0.467. The van der Waals surface area contributed by atoms with Gasteiger partial charge in [0.1, 0.15) is 17.8 Å². The van der Waals surface area contributed by atoms with Gasteiger partial charge in [0, 0.05) is 6.42 Å². The summed E-state index contributed by atoms with van der Waals surface area (Å²) in [4.78, 5) is 23.1. The number of carbonyl (C=O) groups excluding carboxylic acids is 1. The number of halogens is 1. The summed E-state index contributed by atoms with van der Waals surface area (Å²) < 4.78 is 25.9. The topological polar surface area (TPSA) is 79.1 Å². The number of rotatable bonds is 3. The van der Waals surface area contributed by atoms with Crippen LogP contribution in [0.25, 0.3) is 11.2 Å². The summed E-state index contributed by atoms with van der Waals surface area (Å²) in [5.74, 6) is 2.19. The lowest BCUT2D eigenvalue weighted by molar-refractivity contribution is -0.152. The zero-order valence-corrected chi connectivity index (χ0v) is 12.7. The first kappa shape index (κ1) is 15.4. The highest BCUT2D eigenvalue weighted by Gasteiger charge is 2.32. The number of carbonyl (C=O) groups is 1. The van der Waals surface area contributed by atoms with E-state index in [0.717, 1.165) is 0 Å². The van der Waals surface area contributed by atoms with Gasteiger partial charge in [0.15, 0.2) is 11.5 Å². The Morgan fingerprint density at radius 1 is 1.57 bits per heavy atom. The van der Waals surface area contributed by atoms with E-state index < -0.39 is 12.3 Å². The van der Waals surface area contributed by atoms with Gasteiger partial charge in [0.05, 0.1) is 18.7 Å². The van der Waals surface area contributed by atoms with Gasteiger partial charge in [-0.1, -0.05) is 13.8 Å². The fourth-order valence-corrected chi connectivity index (χ4v) is 2.39.